The number of nitrogens with one attached hydrogen (secondary N) is 1. The van der Waals surface area contributed by atoms with Crippen LogP contribution in [0.4, 0.5) is 0 Å². The van der Waals surface area contributed by atoms with Crippen molar-refractivity contribution in [3.8, 4) is 0 Å². The van der Waals surface area contributed by atoms with E-state index in [4.69, 9.17) is 23.7 Å². The average molecular weight is 612 g/mol. The molecule has 1 saturated heterocycles. The minimum Gasteiger partial charge on any atom is -0.379 e. The van der Waals surface area contributed by atoms with Crippen LogP contribution in [-0.4, -0.2) is 92.8 Å². The quantitative estimate of drug-likeness (QED) is 0.167. The van der Waals surface area contributed by atoms with E-state index in [1.165, 1.54) is 5.57 Å². The summed E-state index contributed by atoms with van der Waals surface area (Å²) in [4.78, 5) is 47.0. The number of methoxy groups -OCH3 is 1. The summed E-state index contributed by atoms with van der Waals surface area (Å²) in [5.41, 5.74) is 0.994. The van der Waals surface area contributed by atoms with Crippen molar-refractivity contribution in [2.24, 2.45) is 7.05 Å². The van der Waals surface area contributed by atoms with Gasteiger partial charge in [-0.1, -0.05) is 19.9 Å². The molecule has 1 aliphatic heterocycles. The predicted octanol–water partition coefficient (Wildman–Crippen LogP) is 1.39. The Bertz CT molecular complexity index is 1160. The maximum Gasteiger partial charge on any atom is 0.329 e. The fraction of sp³-hybridized carbons (Fsp3) is 0.742. The van der Waals surface area contributed by atoms with E-state index in [0.717, 1.165) is 36.4 Å². The van der Waals surface area contributed by atoms with E-state index in [1.807, 2.05) is 40.7 Å². The number of fused-ring (bicyclic) bond motifs is 1. The molecular formula is C31H53N3O9. The zero-order valence-electron chi connectivity index (χ0n) is 27.2. The van der Waals surface area contributed by atoms with Gasteiger partial charge in [-0.2, -0.15) is 0 Å². The topological polar surface area (TPSA) is 136 Å². The summed E-state index contributed by atoms with van der Waals surface area (Å²) in [6.45, 7) is 13.4. The molecule has 246 valence electrons. The van der Waals surface area contributed by atoms with Gasteiger partial charge in [0.05, 0.1) is 55.9 Å². The fourth-order valence-electron chi connectivity index (χ4n) is 4.41. The zero-order valence-corrected chi connectivity index (χ0v) is 27.2. The van der Waals surface area contributed by atoms with Crippen molar-refractivity contribution in [3.05, 3.63) is 21.2 Å². The molecule has 2 aliphatic rings. The summed E-state index contributed by atoms with van der Waals surface area (Å²) in [5.74, 6) is -0.709. The molecule has 3 rings (SSSR count). The first-order valence-corrected chi connectivity index (χ1v) is 15.2. The average Bonchev–Trinajstić information content (AvgIpc) is 3.24. The van der Waals surface area contributed by atoms with E-state index in [9.17, 15) is 19.2 Å². The number of rotatable bonds is 16. The first kappa shape index (κ1) is 38.4. The van der Waals surface area contributed by atoms with Crippen molar-refractivity contribution in [3.63, 3.8) is 0 Å². The van der Waals surface area contributed by atoms with Gasteiger partial charge in [0, 0.05) is 27.2 Å². The first-order valence-electron chi connectivity index (χ1n) is 15.2. The van der Waals surface area contributed by atoms with E-state index in [2.05, 4.69) is 5.32 Å². The number of ether oxygens (including phenoxy) is 5. The van der Waals surface area contributed by atoms with Crippen LogP contribution in [0.3, 0.4) is 0 Å². The highest BCUT2D eigenvalue weighted by Crippen LogP contribution is 2.17. The number of nitrogens with zero attached hydrogens (tertiary/aromatic N) is 2. The maximum absolute atomic E-state index is 13.0. The lowest BCUT2D eigenvalue weighted by molar-refractivity contribution is -0.135. The Morgan fingerprint density at radius 2 is 1.49 bits per heavy atom. The molecule has 0 spiro atoms. The lowest BCUT2D eigenvalue weighted by Gasteiger charge is -2.22. The van der Waals surface area contributed by atoms with Crippen LogP contribution < -0.4 is 21.7 Å². The summed E-state index contributed by atoms with van der Waals surface area (Å²) < 4.78 is 29.5. The van der Waals surface area contributed by atoms with Gasteiger partial charge in [0.15, 0.2) is 0 Å². The lowest BCUT2D eigenvalue weighted by atomic mass is 10.00. The summed E-state index contributed by atoms with van der Waals surface area (Å²) in [6.07, 6.45) is 6.57. The second kappa shape index (κ2) is 21.1. The van der Waals surface area contributed by atoms with Gasteiger partial charge >= 0.3 is 5.69 Å². The number of hydrogen-bond acceptors (Lipinski definition) is 9. The molecule has 1 N–H and O–H groups in total. The van der Waals surface area contributed by atoms with Crippen molar-refractivity contribution < 1.29 is 38.1 Å². The largest absolute Gasteiger partial charge is 0.379 e. The number of imidazole rings is 1. The van der Waals surface area contributed by atoms with Gasteiger partial charge in [-0.15, -0.1) is 0 Å². The molecule has 1 unspecified atom stereocenters. The third-order valence-electron chi connectivity index (χ3n) is 6.65. The molecule has 1 aliphatic carbocycles. The second-order valence-corrected chi connectivity index (χ2v) is 10.8. The number of imide groups is 1. The van der Waals surface area contributed by atoms with Crippen molar-refractivity contribution >= 4 is 29.7 Å². The molecular weight excluding hydrogens is 558 g/mol. The SMILES string of the molecule is CC.COC(C)(C)C.Cn1c2c(n(C3CCC(=O)NC3=O)c1=O)=CCCC=2CCCOCCOCCOCCOCC=O. The van der Waals surface area contributed by atoms with E-state index in [-0.39, 0.29) is 30.2 Å². The molecule has 0 aromatic carbocycles. The van der Waals surface area contributed by atoms with E-state index in [1.54, 1.807) is 23.3 Å². The van der Waals surface area contributed by atoms with E-state index >= 15 is 0 Å². The van der Waals surface area contributed by atoms with Crippen LogP contribution in [0.2, 0.25) is 0 Å². The number of carbonyl (C=O) groups is 3. The zero-order chi connectivity index (χ0) is 32.3. The van der Waals surface area contributed by atoms with Crippen molar-refractivity contribution in [2.75, 3.05) is 60.0 Å². The lowest BCUT2D eigenvalue weighted by Crippen LogP contribution is -2.48. The number of amides is 2. The Labute approximate surface area is 255 Å². The van der Waals surface area contributed by atoms with Gasteiger partial charge in [-0.05, 0) is 58.4 Å². The molecule has 12 nitrogen and oxygen atoms in total. The molecule has 1 atom stereocenters. The summed E-state index contributed by atoms with van der Waals surface area (Å²) >= 11 is 0. The summed E-state index contributed by atoms with van der Waals surface area (Å²) in [6, 6.07) is -0.657. The second-order valence-electron chi connectivity index (χ2n) is 10.8. The minimum absolute atomic E-state index is 0.0417. The van der Waals surface area contributed by atoms with Gasteiger partial charge in [0.2, 0.25) is 11.8 Å². The number of carbonyl (C=O) groups excluding carboxylic acids is 3. The molecule has 1 fully saturated rings. The van der Waals surface area contributed by atoms with E-state index in [0.29, 0.717) is 59.0 Å². The van der Waals surface area contributed by atoms with Crippen LogP contribution in [0.1, 0.15) is 79.2 Å². The molecule has 2 heterocycles. The standard InChI is InChI=1S/C24H35N3O8.C5H12O.C2H6/c1-26-22-18(5-3-10-32-12-14-34-16-17-35-15-13-33-11-9-28)4-2-6-19(22)27(24(26)31)20-7-8-21(29)25-23(20)30;1-5(2,3)6-4;1-2/h6,9,20H,2-5,7-8,10-17H2,1H3,(H,25,29,30);1-4H3;1-2H3. The van der Waals surface area contributed by atoms with Crippen LogP contribution in [0.25, 0.3) is 11.6 Å². The third-order valence-corrected chi connectivity index (χ3v) is 6.65. The van der Waals surface area contributed by atoms with Crippen molar-refractivity contribution in [1.82, 2.24) is 14.5 Å². The number of piperidine rings is 1. The van der Waals surface area contributed by atoms with Crippen LogP contribution in [0.15, 0.2) is 4.79 Å². The fourth-order valence-corrected chi connectivity index (χ4v) is 4.41. The molecule has 0 radical (unpaired) electrons. The Kier molecular flexibility index (Phi) is 18.9. The Balaban J connectivity index is 0.00000103. The molecule has 1 aromatic rings. The Morgan fingerprint density at radius 1 is 0.930 bits per heavy atom. The monoisotopic (exact) mass is 611 g/mol. The van der Waals surface area contributed by atoms with Crippen LogP contribution in [0, 0.1) is 0 Å². The third kappa shape index (κ3) is 13.7. The molecule has 43 heavy (non-hydrogen) atoms. The highest BCUT2D eigenvalue weighted by molar-refractivity contribution is 5.99. The first-order chi connectivity index (χ1) is 20.6. The molecule has 2 amide bonds. The Morgan fingerprint density at radius 3 is 2.02 bits per heavy atom. The minimum atomic E-state index is -0.657. The molecule has 0 saturated carbocycles. The maximum atomic E-state index is 13.0. The molecule has 0 bridgehead atoms. The number of hydrogen-bond donors (Lipinski definition) is 1. The van der Waals surface area contributed by atoms with Gasteiger partial charge in [-0.25, -0.2) is 4.79 Å². The highest BCUT2D eigenvalue weighted by Gasteiger charge is 2.31. The summed E-state index contributed by atoms with van der Waals surface area (Å²) in [7, 11) is 3.44. The van der Waals surface area contributed by atoms with Crippen molar-refractivity contribution in [1.29, 1.82) is 0 Å². The smallest absolute Gasteiger partial charge is 0.329 e. The van der Waals surface area contributed by atoms with Crippen LogP contribution in [-0.2, 0) is 45.1 Å². The highest BCUT2D eigenvalue weighted by atomic mass is 16.6. The molecule has 12 heteroatoms. The normalized spacial score (nSPS) is 16.3. The number of aldehydes is 1. The van der Waals surface area contributed by atoms with Crippen molar-refractivity contribution in [2.45, 2.75) is 84.8 Å². The summed E-state index contributed by atoms with van der Waals surface area (Å²) in [5, 5.41) is 4.01. The van der Waals surface area contributed by atoms with E-state index < -0.39 is 11.9 Å². The molecule has 1 aromatic heterocycles. The van der Waals surface area contributed by atoms with Gasteiger partial charge in [0.25, 0.3) is 0 Å². The van der Waals surface area contributed by atoms with Gasteiger partial charge < -0.3 is 28.5 Å². The van der Waals surface area contributed by atoms with Crippen LogP contribution >= 0.6 is 0 Å². The van der Waals surface area contributed by atoms with Crippen LogP contribution in [0.5, 0.6) is 0 Å². The van der Waals surface area contributed by atoms with Gasteiger partial charge in [0.1, 0.15) is 18.9 Å². The predicted molar refractivity (Wildman–Crippen MR) is 164 cm³/mol. The number of aromatic nitrogens is 2. The Hall–Kier alpha value is -2.64. The van der Waals surface area contributed by atoms with Gasteiger partial charge in [-0.3, -0.25) is 24.0 Å².